The van der Waals surface area contributed by atoms with Gasteiger partial charge in [-0.2, -0.15) is 0 Å². The molecule has 8 heavy (non-hydrogen) atoms. The number of hydrazine groups is 1. The topological polar surface area (TPSA) is 53.5 Å². The van der Waals surface area contributed by atoms with E-state index in [1.165, 1.54) is 6.34 Å². The number of halogens is 1. The first-order valence-electron chi connectivity index (χ1n) is 1.89. The van der Waals surface area contributed by atoms with E-state index in [4.69, 9.17) is 0 Å². The van der Waals surface area contributed by atoms with E-state index >= 15 is 0 Å². The molecule has 0 aromatic heterocycles. The Labute approximate surface area is 60.9 Å². The van der Waals surface area contributed by atoms with Crippen LogP contribution in [0.15, 0.2) is 4.99 Å². The molecule has 0 saturated heterocycles. The Morgan fingerprint density at radius 3 is 2.88 bits per heavy atom. The lowest BCUT2D eigenvalue weighted by atomic mass is 11.2. The van der Waals surface area contributed by atoms with E-state index in [2.05, 4.69) is 15.8 Å². The normalized spacial score (nSPS) is 9.25. The van der Waals surface area contributed by atoms with Crippen LogP contribution in [-0.2, 0) is 0 Å². The van der Waals surface area contributed by atoms with E-state index in [-0.39, 0.29) is 3.91 Å². The first-order valence-corrected chi connectivity index (χ1v) is 2.97. The summed E-state index contributed by atoms with van der Waals surface area (Å²) in [4.78, 5) is 13.6. The molecule has 0 aliphatic rings. The summed E-state index contributed by atoms with van der Waals surface area (Å²) < 4.78 is -0.164. The molecule has 0 aliphatic heterocycles. The van der Waals surface area contributed by atoms with Crippen LogP contribution in [0.5, 0.6) is 0 Å². The second kappa shape index (κ2) is 4.82. The van der Waals surface area contributed by atoms with Crippen LogP contribution in [0.4, 0.5) is 4.79 Å². The zero-order chi connectivity index (χ0) is 6.41. The molecule has 1 amide bonds. The maximum absolute atomic E-state index is 10.1. The van der Waals surface area contributed by atoms with Gasteiger partial charge >= 0.3 is 0 Å². The van der Waals surface area contributed by atoms with Crippen LogP contribution in [0, 0.1) is 0 Å². The minimum Gasteiger partial charge on any atom is -0.288 e. The second-order valence-electron chi connectivity index (χ2n) is 0.930. The Bertz CT molecular complexity index is 103. The van der Waals surface area contributed by atoms with Gasteiger partial charge in [-0.3, -0.25) is 20.6 Å². The molecular formula is C3H6IN3O. The van der Waals surface area contributed by atoms with Gasteiger partial charge in [-0.25, -0.2) is 0 Å². The van der Waals surface area contributed by atoms with Gasteiger partial charge in [0.15, 0.2) is 0 Å². The third kappa shape index (κ3) is 5.67. The molecule has 46 valence electrons. The average molecular weight is 227 g/mol. The molecule has 0 unspecified atom stereocenters. The summed E-state index contributed by atoms with van der Waals surface area (Å²) in [5.74, 6) is 0. The van der Waals surface area contributed by atoms with E-state index in [1.54, 1.807) is 29.6 Å². The molecule has 0 rings (SSSR count). The second-order valence-corrected chi connectivity index (χ2v) is 1.91. The van der Waals surface area contributed by atoms with Crippen molar-refractivity contribution in [3.05, 3.63) is 0 Å². The van der Waals surface area contributed by atoms with Crippen molar-refractivity contribution in [1.82, 2.24) is 10.9 Å². The van der Waals surface area contributed by atoms with E-state index in [1.807, 2.05) is 0 Å². The third-order valence-corrected chi connectivity index (χ3v) is 0.634. The molecule has 0 aromatic rings. The minimum absolute atomic E-state index is 0.164. The summed E-state index contributed by atoms with van der Waals surface area (Å²) in [5, 5.41) is 0. The Morgan fingerprint density at radius 2 is 2.50 bits per heavy atom. The highest BCUT2D eigenvalue weighted by Gasteiger charge is 1.83. The first kappa shape index (κ1) is 7.67. The molecule has 4 nitrogen and oxygen atoms in total. The molecule has 0 spiro atoms. The minimum atomic E-state index is -0.164. The largest absolute Gasteiger partial charge is 0.298 e. The van der Waals surface area contributed by atoms with Gasteiger partial charge in [-0.15, -0.1) is 0 Å². The molecule has 0 aliphatic carbocycles. The van der Waals surface area contributed by atoms with Gasteiger partial charge in [0.2, 0.25) is 0 Å². The number of carbonyl (C=O) groups excluding carboxylic acids is 1. The number of hydrogen-bond acceptors (Lipinski definition) is 2. The molecule has 0 saturated carbocycles. The van der Waals surface area contributed by atoms with Crippen molar-refractivity contribution in [2.24, 2.45) is 4.99 Å². The lowest BCUT2D eigenvalue weighted by molar-refractivity contribution is 0.261. The van der Waals surface area contributed by atoms with Gasteiger partial charge in [0.1, 0.15) is 6.34 Å². The molecule has 2 N–H and O–H groups in total. The van der Waals surface area contributed by atoms with E-state index < -0.39 is 0 Å². The van der Waals surface area contributed by atoms with Crippen molar-refractivity contribution in [3.63, 3.8) is 0 Å². The fourth-order valence-electron chi connectivity index (χ4n) is 0.154. The maximum atomic E-state index is 10.1. The van der Waals surface area contributed by atoms with Crippen molar-refractivity contribution < 1.29 is 4.79 Å². The zero-order valence-electron chi connectivity index (χ0n) is 4.31. The lowest BCUT2D eigenvalue weighted by Crippen LogP contribution is -2.31. The van der Waals surface area contributed by atoms with Crippen LogP contribution >= 0.6 is 22.6 Å². The molecule has 0 atom stereocenters. The van der Waals surface area contributed by atoms with Gasteiger partial charge in [0.25, 0.3) is 3.91 Å². The highest BCUT2D eigenvalue weighted by atomic mass is 127. The Balaban J connectivity index is 3.05. The van der Waals surface area contributed by atoms with Crippen molar-refractivity contribution in [1.29, 1.82) is 0 Å². The Morgan fingerprint density at radius 1 is 1.88 bits per heavy atom. The fourth-order valence-corrected chi connectivity index (χ4v) is 0.309. The fraction of sp³-hybridized carbons (Fsp3) is 0.333. The standard InChI is InChI=1S/C3H6IN3O/c1-5-2-6-7-3(4)8/h2H,1H3,(H,5,6)(H,7,8). The van der Waals surface area contributed by atoms with Crippen LogP contribution in [0.3, 0.4) is 0 Å². The summed E-state index contributed by atoms with van der Waals surface area (Å²) in [6.07, 6.45) is 1.39. The first-order chi connectivity index (χ1) is 3.77. The molecule has 0 bridgehead atoms. The molecule has 0 aromatic carbocycles. The van der Waals surface area contributed by atoms with Gasteiger partial charge < -0.3 is 0 Å². The molecule has 0 heterocycles. The average Bonchev–Trinajstić information content (AvgIpc) is 1.66. The summed E-state index contributed by atoms with van der Waals surface area (Å²) in [7, 11) is 1.60. The van der Waals surface area contributed by atoms with Crippen LogP contribution in [-0.4, -0.2) is 17.3 Å². The number of aliphatic imine (C=N–C) groups is 1. The van der Waals surface area contributed by atoms with Gasteiger partial charge in [-0.1, -0.05) is 0 Å². The summed E-state index contributed by atoms with van der Waals surface area (Å²) >= 11 is 1.61. The number of nitrogens with one attached hydrogen (secondary N) is 2. The summed E-state index contributed by atoms with van der Waals surface area (Å²) in [6.45, 7) is 0. The number of rotatable bonds is 2. The zero-order valence-corrected chi connectivity index (χ0v) is 6.47. The van der Waals surface area contributed by atoms with Crippen molar-refractivity contribution in [2.45, 2.75) is 0 Å². The number of nitrogens with zero attached hydrogens (tertiary/aromatic N) is 1. The van der Waals surface area contributed by atoms with Crippen LogP contribution in [0.1, 0.15) is 0 Å². The third-order valence-electron chi connectivity index (χ3n) is 0.364. The van der Waals surface area contributed by atoms with E-state index in [0.29, 0.717) is 0 Å². The van der Waals surface area contributed by atoms with Crippen molar-refractivity contribution in [3.8, 4) is 0 Å². The lowest BCUT2D eigenvalue weighted by Gasteiger charge is -1.94. The molecule has 0 fully saturated rings. The monoisotopic (exact) mass is 227 g/mol. The number of hydrogen-bond donors (Lipinski definition) is 2. The summed E-state index contributed by atoms with van der Waals surface area (Å²) in [6, 6.07) is 0. The quantitative estimate of drug-likeness (QED) is 0.178. The number of carbonyl (C=O) groups is 1. The smallest absolute Gasteiger partial charge is 0.288 e. The Hall–Kier alpha value is -0.330. The van der Waals surface area contributed by atoms with E-state index in [9.17, 15) is 4.79 Å². The van der Waals surface area contributed by atoms with Gasteiger partial charge in [-0.05, 0) is 0 Å². The number of amides is 1. The highest BCUT2D eigenvalue weighted by molar-refractivity contribution is 14.1. The predicted molar refractivity (Wildman–Crippen MR) is 40.1 cm³/mol. The van der Waals surface area contributed by atoms with Crippen LogP contribution in [0.25, 0.3) is 0 Å². The van der Waals surface area contributed by atoms with Crippen molar-refractivity contribution in [2.75, 3.05) is 7.05 Å². The SMILES string of the molecule is CN=CNNC(=O)I. The Kier molecular flexibility index (Phi) is 4.62. The van der Waals surface area contributed by atoms with Gasteiger partial charge in [0.05, 0.1) is 0 Å². The van der Waals surface area contributed by atoms with Crippen LogP contribution in [0.2, 0.25) is 0 Å². The molecule has 0 radical (unpaired) electrons. The highest BCUT2D eigenvalue weighted by Crippen LogP contribution is 1.77. The molecule has 5 heteroatoms. The summed E-state index contributed by atoms with van der Waals surface area (Å²) in [5.41, 5.74) is 4.73. The predicted octanol–water partition coefficient (Wildman–Crippen LogP) is 0.294. The van der Waals surface area contributed by atoms with Crippen LogP contribution < -0.4 is 10.9 Å². The van der Waals surface area contributed by atoms with E-state index in [0.717, 1.165) is 0 Å². The molecular weight excluding hydrogens is 221 g/mol. The van der Waals surface area contributed by atoms with Gasteiger partial charge in [0, 0.05) is 29.6 Å². The maximum Gasteiger partial charge on any atom is 0.298 e. The van der Waals surface area contributed by atoms with Crippen molar-refractivity contribution >= 4 is 32.8 Å².